The number of hydrogen-bond acceptors (Lipinski definition) is 4. The topological polar surface area (TPSA) is 77.9 Å². The van der Waals surface area contributed by atoms with Crippen LogP contribution in [0.4, 0.5) is 5.69 Å². The quantitative estimate of drug-likeness (QED) is 0.747. The number of likely N-dealkylation sites (tertiary alicyclic amines) is 1. The summed E-state index contributed by atoms with van der Waals surface area (Å²) in [5.74, 6) is -0.671. The van der Waals surface area contributed by atoms with Gasteiger partial charge in [-0.2, -0.15) is 0 Å². The van der Waals surface area contributed by atoms with Gasteiger partial charge in [0, 0.05) is 0 Å². The number of aliphatic carboxylic acids is 1. The van der Waals surface area contributed by atoms with Crippen LogP contribution in [0.3, 0.4) is 0 Å². The molecule has 0 aliphatic carbocycles. The molecule has 0 spiro atoms. The molecule has 4 rings (SSSR count). The van der Waals surface area contributed by atoms with E-state index in [4.69, 9.17) is 5.11 Å². The summed E-state index contributed by atoms with van der Waals surface area (Å²) in [6, 6.07) is 16.7. The number of carbonyl (C=O) groups excluding carboxylic acids is 2. The molecule has 6 nitrogen and oxygen atoms in total. The van der Waals surface area contributed by atoms with Gasteiger partial charge in [-0.15, -0.1) is 0 Å². The molecule has 2 aromatic rings. The summed E-state index contributed by atoms with van der Waals surface area (Å²) in [5, 5.41) is 8.89. The van der Waals surface area contributed by atoms with E-state index in [1.807, 2.05) is 6.07 Å². The van der Waals surface area contributed by atoms with Gasteiger partial charge in [0.15, 0.2) is 0 Å². The lowest BCUT2D eigenvalue weighted by Gasteiger charge is -2.34. The standard InChI is InChI=1S/C24H26N2O4/c27-22-16-21(24(30)26(22)20-8-6-18(7-9-20)15-23(28)29)25-12-10-19(11-13-25)14-17-4-2-1-3-5-17/h1-9,19,21H,10-16H2,(H,28,29). The molecule has 30 heavy (non-hydrogen) atoms. The summed E-state index contributed by atoms with van der Waals surface area (Å²) in [6.45, 7) is 1.65. The third-order valence-electron chi connectivity index (χ3n) is 6.13. The predicted molar refractivity (Wildman–Crippen MR) is 113 cm³/mol. The van der Waals surface area contributed by atoms with Gasteiger partial charge in [-0.05, 0) is 61.5 Å². The number of rotatable bonds is 6. The van der Waals surface area contributed by atoms with Gasteiger partial charge in [0.05, 0.1) is 24.6 Å². The molecule has 2 heterocycles. The Morgan fingerprint density at radius 1 is 0.933 bits per heavy atom. The van der Waals surface area contributed by atoms with Crippen molar-refractivity contribution in [3.05, 3.63) is 65.7 Å². The second-order valence-corrected chi connectivity index (χ2v) is 8.19. The first-order valence-electron chi connectivity index (χ1n) is 10.5. The maximum Gasteiger partial charge on any atom is 0.307 e. The molecule has 2 aliphatic heterocycles. The predicted octanol–water partition coefficient (Wildman–Crippen LogP) is 2.90. The van der Waals surface area contributed by atoms with Crippen molar-refractivity contribution in [2.75, 3.05) is 18.0 Å². The zero-order valence-electron chi connectivity index (χ0n) is 16.9. The highest BCUT2D eigenvalue weighted by molar-refractivity contribution is 6.22. The molecular formula is C24H26N2O4. The second kappa shape index (κ2) is 8.79. The number of carboxylic acids is 1. The molecule has 2 amide bonds. The van der Waals surface area contributed by atoms with Crippen molar-refractivity contribution >= 4 is 23.5 Å². The fourth-order valence-electron chi connectivity index (χ4n) is 4.53. The fourth-order valence-corrected chi connectivity index (χ4v) is 4.53. The molecule has 2 aliphatic rings. The first kappa shape index (κ1) is 20.3. The Morgan fingerprint density at radius 2 is 1.60 bits per heavy atom. The SMILES string of the molecule is O=C(O)Cc1ccc(N2C(=O)CC(N3CCC(Cc4ccccc4)CC3)C2=O)cc1. The highest BCUT2D eigenvalue weighted by Crippen LogP contribution is 2.30. The molecule has 6 heteroatoms. The van der Waals surface area contributed by atoms with Gasteiger partial charge in [0.1, 0.15) is 0 Å². The van der Waals surface area contributed by atoms with E-state index in [-0.39, 0.29) is 24.7 Å². The lowest BCUT2D eigenvalue weighted by Crippen LogP contribution is -2.46. The van der Waals surface area contributed by atoms with Crippen molar-refractivity contribution in [3.63, 3.8) is 0 Å². The van der Waals surface area contributed by atoms with Gasteiger partial charge < -0.3 is 5.11 Å². The zero-order chi connectivity index (χ0) is 21.1. The minimum absolute atomic E-state index is 0.0806. The number of imide groups is 1. The highest BCUT2D eigenvalue weighted by atomic mass is 16.4. The maximum atomic E-state index is 13.0. The average Bonchev–Trinajstić information content (AvgIpc) is 3.04. The van der Waals surface area contributed by atoms with Crippen LogP contribution in [-0.2, 0) is 27.2 Å². The smallest absolute Gasteiger partial charge is 0.307 e. The molecule has 1 N–H and O–H groups in total. The normalized spacial score (nSPS) is 20.7. The van der Waals surface area contributed by atoms with Crippen molar-refractivity contribution in [3.8, 4) is 0 Å². The Labute approximate surface area is 176 Å². The number of amides is 2. The molecule has 1 unspecified atom stereocenters. The molecule has 2 saturated heterocycles. The summed E-state index contributed by atoms with van der Waals surface area (Å²) in [5.41, 5.74) is 2.50. The van der Waals surface area contributed by atoms with Gasteiger partial charge in [-0.3, -0.25) is 19.3 Å². The first-order valence-corrected chi connectivity index (χ1v) is 10.5. The number of nitrogens with zero attached hydrogens (tertiary/aromatic N) is 2. The summed E-state index contributed by atoms with van der Waals surface area (Å²) < 4.78 is 0. The van der Waals surface area contributed by atoms with E-state index in [0.717, 1.165) is 32.4 Å². The van der Waals surface area contributed by atoms with Crippen molar-refractivity contribution < 1.29 is 19.5 Å². The average molecular weight is 406 g/mol. The minimum atomic E-state index is -0.910. The van der Waals surface area contributed by atoms with Gasteiger partial charge in [0.2, 0.25) is 5.91 Å². The number of carboxylic acid groups (broad SMARTS) is 1. The summed E-state index contributed by atoms with van der Waals surface area (Å²) in [7, 11) is 0. The van der Waals surface area contributed by atoms with Crippen LogP contribution in [0, 0.1) is 5.92 Å². The number of piperidine rings is 1. The summed E-state index contributed by atoms with van der Waals surface area (Å²) in [4.78, 5) is 39.9. The van der Waals surface area contributed by atoms with E-state index in [1.165, 1.54) is 10.5 Å². The molecule has 156 valence electrons. The zero-order valence-corrected chi connectivity index (χ0v) is 16.9. The summed E-state index contributed by atoms with van der Waals surface area (Å²) >= 11 is 0. The van der Waals surface area contributed by atoms with Crippen LogP contribution in [0.5, 0.6) is 0 Å². The number of anilines is 1. The monoisotopic (exact) mass is 406 g/mol. The van der Waals surface area contributed by atoms with E-state index < -0.39 is 12.0 Å². The van der Waals surface area contributed by atoms with Crippen LogP contribution < -0.4 is 4.90 Å². The van der Waals surface area contributed by atoms with Crippen LogP contribution in [0.1, 0.15) is 30.4 Å². The Morgan fingerprint density at radius 3 is 2.23 bits per heavy atom. The Bertz CT molecular complexity index is 918. The second-order valence-electron chi connectivity index (χ2n) is 8.19. The van der Waals surface area contributed by atoms with E-state index in [1.54, 1.807) is 24.3 Å². The molecule has 1 atom stereocenters. The lowest BCUT2D eigenvalue weighted by molar-refractivity contribution is -0.136. The van der Waals surface area contributed by atoms with Crippen LogP contribution >= 0.6 is 0 Å². The van der Waals surface area contributed by atoms with E-state index in [9.17, 15) is 14.4 Å². The van der Waals surface area contributed by atoms with Crippen molar-refractivity contribution in [2.24, 2.45) is 5.92 Å². The van der Waals surface area contributed by atoms with Crippen LogP contribution in [0.15, 0.2) is 54.6 Å². The van der Waals surface area contributed by atoms with Gasteiger partial charge in [0.25, 0.3) is 5.91 Å². The lowest BCUT2D eigenvalue weighted by atomic mass is 9.89. The molecule has 2 aromatic carbocycles. The fraction of sp³-hybridized carbons (Fsp3) is 0.375. The van der Waals surface area contributed by atoms with Gasteiger partial charge in [-0.1, -0.05) is 42.5 Å². The third-order valence-corrected chi connectivity index (χ3v) is 6.13. The van der Waals surface area contributed by atoms with E-state index in [0.29, 0.717) is 17.2 Å². The Kier molecular flexibility index (Phi) is 5.95. The van der Waals surface area contributed by atoms with Gasteiger partial charge >= 0.3 is 5.97 Å². The Balaban J connectivity index is 1.37. The highest BCUT2D eigenvalue weighted by Gasteiger charge is 2.43. The van der Waals surface area contributed by atoms with Crippen LogP contribution in [0.25, 0.3) is 0 Å². The molecule has 0 radical (unpaired) electrons. The van der Waals surface area contributed by atoms with E-state index >= 15 is 0 Å². The maximum absolute atomic E-state index is 13.0. The van der Waals surface area contributed by atoms with Crippen LogP contribution in [0.2, 0.25) is 0 Å². The Hall–Kier alpha value is -2.99. The van der Waals surface area contributed by atoms with Crippen LogP contribution in [-0.4, -0.2) is 46.9 Å². The number of hydrogen-bond donors (Lipinski definition) is 1. The minimum Gasteiger partial charge on any atom is -0.481 e. The molecule has 0 aromatic heterocycles. The third kappa shape index (κ3) is 4.44. The van der Waals surface area contributed by atoms with Crippen molar-refractivity contribution in [1.29, 1.82) is 0 Å². The molecule has 0 bridgehead atoms. The first-order chi connectivity index (χ1) is 14.5. The van der Waals surface area contributed by atoms with Crippen molar-refractivity contribution in [2.45, 2.75) is 38.1 Å². The summed E-state index contributed by atoms with van der Waals surface area (Å²) in [6.07, 6.45) is 3.23. The van der Waals surface area contributed by atoms with Gasteiger partial charge in [-0.25, -0.2) is 4.90 Å². The molecule has 2 fully saturated rings. The van der Waals surface area contributed by atoms with E-state index in [2.05, 4.69) is 29.2 Å². The largest absolute Gasteiger partial charge is 0.481 e. The van der Waals surface area contributed by atoms with Crippen molar-refractivity contribution in [1.82, 2.24) is 4.90 Å². The number of carbonyl (C=O) groups is 3. The molecular weight excluding hydrogens is 380 g/mol. The molecule has 0 saturated carbocycles. The number of benzene rings is 2.